The highest BCUT2D eigenvalue weighted by molar-refractivity contribution is 9.10. The third-order valence-corrected chi connectivity index (χ3v) is 14.0. The molecule has 0 aliphatic carbocycles. The predicted molar refractivity (Wildman–Crippen MR) is 317 cm³/mol. The van der Waals surface area contributed by atoms with Crippen LogP contribution in [0, 0.1) is 23.3 Å². The number of ether oxygens (including phenoxy) is 4. The summed E-state index contributed by atoms with van der Waals surface area (Å²) in [5.74, 6) is -4.15. The van der Waals surface area contributed by atoms with Gasteiger partial charge in [0, 0.05) is 61.1 Å². The van der Waals surface area contributed by atoms with Crippen LogP contribution in [0.4, 0.5) is 57.1 Å². The molecule has 0 amide bonds. The molecule has 90 heavy (non-hydrogen) atoms. The van der Waals surface area contributed by atoms with E-state index in [0.717, 1.165) is 116 Å². The molecule has 10 nitrogen and oxygen atoms in total. The summed E-state index contributed by atoms with van der Waals surface area (Å²) < 4.78 is 190. The first-order valence-corrected chi connectivity index (χ1v) is 28.8. The summed E-state index contributed by atoms with van der Waals surface area (Å²) in [6, 6.07) is 27.4. The van der Waals surface area contributed by atoms with Gasteiger partial charge in [-0.15, -0.1) is 0 Å². The van der Waals surface area contributed by atoms with Crippen LogP contribution >= 0.6 is 31.9 Å². The van der Waals surface area contributed by atoms with Gasteiger partial charge in [-0.05, 0) is 147 Å². The van der Waals surface area contributed by atoms with Crippen molar-refractivity contribution in [3.63, 3.8) is 0 Å². The Morgan fingerprint density at radius 3 is 0.844 bits per heavy atom. The molecule has 0 atom stereocenters. The molecule has 0 saturated carbocycles. The van der Waals surface area contributed by atoms with Gasteiger partial charge in [-0.1, -0.05) is 94.5 Å². The van der Waals surface area contributed by atoms with Gasteiger partial charge in [0.1, 0.15) is 46.3 Å². The molecule has 0 saturated heterocycles. The van der Waals surface area contributed by atoms with E-state index >= 15 is 0 Å². The largest absolute Gasteiger partial charge is 0.488 e. The number of unbranched alkanes of at least 4 members (excludes halogenated alkanes) is 8. The van der Waals surface area contributed by atoms with Crippen LogP contribution in [0.3, 0.4) is 0 Å². The number of hydrogen-bond acceptors (Lipinski definition) is 10. The summed E-state index contributed by atoms with van der Waals surface area (Å²) in [6.07, 6.45) is -5.99. The Balaban J connectivity index is 0.000000339. The van der Waals surface area contributed by atoms with E-state index in [-0.39, 0.29) is 83.8 Å². The van der Waals surface area contributed by atoms with Crippen LogP contribution in [0.2, 0.25) is 0 Å². The van der Waals surface area contributed by atoms with Crippen LogP contribution in [0.25, 0.3) is 22.3 Å². The highest BCUT2D eigenvalue weighted by atomic mass is 79.9. The Hall–Kier alpha value is -7.55. The van der Waals surface area contributed by atoms with Gasteiger partial charge in [-0.2, -0.15) is 39.5 Å². The van der Waals surface area contributed by atoms with Crippen molar-refractivity contribution >= 4 is 68.3 Å². The molecule has 0 aliphatic rings. The quantitative estimate of drug-likeness (QED) is 0.0209. The summed E-state index contributed by atoms with van der Waals surface area (Å²) in [6.45, 7) is 0. The SMILES string of the molecule is C.O=C(CCCCCCCC(=O)Oc1ccc(-c2ccc(C(F)(F)F)cc2)c(F)c1)Oc1ccc(-c2ccc(C(F)(F)F)cc2)c(F)c1.O=C(CCCCCCCC(=O)Oc1ccc(Br)c(F)c1)Oc1ccc(Br)c(F)c1.OB(O)c1ccc(C(F)(F)F)cc1. The molecule has 7 rings (SSSR count). The highest BCUT2D eigenvalue weighted by Crippen LogP contribution is 2.35. The maximum atomic E-state index is 14.6. The average Bonchev–Trinajstić information content (AvgIpc) is 0.955. The Labute approximate surface area is 526 Å². The maximum Gasteiger partial charge on any atom is 0.488 e. The van der Waals surface area contributed by atoms with Crippen molar-refractivity contribution in [3.05, 3.63) is 194 Å². The first kappa shape index (κ1) is 74.9. The number of halogens is 15. The van der Waals surface area contributed by atoms with Gasteiger partial charge in [-0.3, -0.25) is 19.2 Å². The van der Waals surface area contributed by atoms with E-state index in [1.807, 2.05) is 0 Å². The molecular formula is C64H58BBr2F13O10. The number of carbonyl (C=O) groups excluding carboxylic acids is 4. The van der Waals surface area contributed by atoms with Crippen LogP contribution < -0.4 is 24.4 Å². The lowest BCUT2D eigenvalue weighted by Crippen LogP contribution is -2.29. The fraction of sp³-hybridized carbons (Fsp3) is 0.281. The molecule has 7 aromatic rings. The summed E-state index contributed by atoms with van der Waals surface area (Å²) >= 11 is 6.07. The van der Waals surface area contributed by atoms with Crippen LogP contribution in [0.1, 0.15) is 114 Å². The number of carbonyl (C=O) groups is 4. The van der Waals surface area contributed by atoms with Crippen LogP contribution in [0.15, 0.2) is 155 Å². The molecule has 0 aromatic heterocycles. The molecule has 0 radical (unpaired) electrons. The van der Waals surface area contributed by atoms with E-state index in [1.165, 1.54) is 48.5 Å². The van der Waals surface area contributed by atoms with Gasteiger partial charge < -0.3 is 29.0 Å². The molecule has 2 N–H and O–H groups in total. The minimum absolute atomic E-state index is 0. The first-order valence-electron chi connectivity index (χ1n) is 27.2. The van der Waals surface area contributed by atoms with Crippen molar-refractivity contribution < 1.29 is 105 Å². The van der Waals surface area contributed by atoms with E-state index < -0.39 is 89.5 Å². The highest BCUT2D eigenvalue weighted by Gasteiger charge is 2.32. The first-order chi connectivity index (χ1) is 42.0. The molecule has 0 aliphatic heterocycles. The molecule has 482 valence electrons. The Kier molecular flexibility index (Phi) is 29.8. The third kappa shape index (κ3) is 25.7. The van der Waals surface area contributed by atoms with Gasteiger partial charge in [-0.25, -0.2) is 17.6 Å². The normalized spacial score (nSPS) is 11.2. The van der Waals surface area contributed by atoms with Crippen molar-refractivity contribution in [1.82, 2.24) is 0 Å². The van der Waals surface area contributed by atoms with Gasteiger partial charge in [0.25, 0.3) is 0 Å². The lowest BCUT2D eigenvalue weighted by molar-refractivity contribution is -0.138. The topological polar surface area (TPSA) is 146 Å². The van der Waals surface area contributed by atoms with E-state index in [9.17, 15) is 76.3 Å². The number of hydrogen-bond donors (Lipinski definition) is 2. The Morgan fingerprint density at radius 2 is 0.600 bits per heavy atom. The number of rotatable bonds is 23. The minimum atomic E-state index is -4.51. The summed E-state index contributed by atoms with van der Waals surface area (Å²) in [4.78, 5) is 47.8. The molecule has 26 heteroatoms. The molecule has 0 bridgehead atoms. The molecule has 0 unspecified atom stereocenters. The van der Waals surface area contributed by atoms with Crippen LogP contribution in [0.5, 0.6) is 23.0 Å². The zero-order valence-electron chi connectivity index (χ0n) is 46.7. The second-order valence-electron chi connectivity index (χ2n) is 19.5. The fourth-order valence-corrected chi connectivity index (χ4v) is 8.55. The molecule has 7 aromatic carbocycles. The zero-order chi connectivity index (χ0) is 65.5. The Morgan fingerprint density at radius 1 is 0.356 bits per heavy atom. The molecular weight excluding hydrogens is 1350 g/mol. The van der Waals surface area contributed by atoms with Crippen molar-refractivity contribution in [2.24, 2.45) is 0 Å². The van der Waals surface area contributed by atoms with Crippen LogP contribution in [-0.4, -0.2) is 41.0 Å². The number of alkyl halides is 9. The van der Waals surface area contributed by atoms with Gasteiger partial charge in [0.05, 0.1) is 25.6 Å². The molecule has 0 spiro atoms. The lowest BCUT2D eigenvalue weighted by Gasteiger charge is -2.10. The molecule has 0 fully saturated rings. The van der Waals surface area contributed by atoms with E-state index in [2.05, 4.69) is 31.9 Å². The standard InChI is InChI=1S/C35H28F8O4.C21H20Br2F2O4.C7H6BF3O2.CH4/c36-30-20-26(16-18-28(30)22-8-12-24(13-9-22)34(38,39)40)46-32(44)6-4-2-1-3-5-7-33(45)47-27-17-19-29(31(37)21-27)23-10-14-25(15-11-23)35(41,42)43;22-16-10-8-14(12-18(16)24)28-20(26)6-4-2-1-3-5-7-21(27)29-15-9-11-17(23)19(25)13-15;9-7(10,11)5-1-3-6(4-2-5)8(12)13;/h8-21H,1-7H2;8-13H,1-7H2;1-4,12-13H;1H4. The minimum Gasteiger partial charge on any atom is -0.426 e. The lowest BCUT2D eigenvalue weighted by atomic mass is 9.80. The van der Waals surface area contributed by atoms with E-state index in [1.54, 1.807) is 0 Å². The fourth-order valence-electron chi connectivity index (χ4n) is 8.06. The zero-order valence-corrected chi connectivity index (χ0v) is 49.8. The van der Waals surface area contributed by atoms with E-state index in [0.29, 0.717) is 53.9 Å². The van der Waals surface area contributed by atoms with E-state index in [4.69, 9.17) is 29.0 Å². The third-order valence-electron chi connectivity index (χ3n) is 12.7. The van der Waals surface area contributed by atoms with Gasteiger partial charge >= 0.3 is 49.5 Å². The van der Waals surface area contributed by atoms with Gasteiger partial charge in [0.2, 0.25) is 0 Å². The number of esters is 4. The monoisotopic (exact) mass is 1400 g/mol. The summed E-state index contributed by atoms with van der Waals surface area (Å²) in [5.41, 5.74) is -1.88. The second-order valence-corrected chi connectivity index (χ2v) is 21.2. The predicted octanol–water partition coefficient (Wildman–Crippen LogP) is 18.3. The summed E-state index contributed by atoms with van der Waals surface area (Å²) in [7, 11) is -1.73. The van der Waals surface area contributed by atoms with Crippen molar-refractivity contribution in [2.45, 2.75) is 116 Å². The molecule has 0 heterocycles. The summed E-state index contributed by atoms with van der Waals surface area (Å²) in [5, 5.41) is 17.2. The van der Waals surface area contributed by atoms with Crippen molar-refractivity contribution in [1.29, 1.82) is 0 Å². The van der Waals surface area contributed by atoms with Crippen molar-refractivity contribution in [2.75, 3.05) is 0 Å². The Bertz CT molecular complexity index is 3260. The average molecular weight is 1400 g/mol. The maximum absolute atomic E-state index is 14.6. The smallest absolute Gasteiger partial charge is 0.426 e. The van der Waals surface area contributed by atoms with Crippen LogP contribution in [-0.2, 0) is 37.7 Å². The van der Waals surface area contributed by atoms with Gasteiger partial charge in [0.15, 0.2) is 0 Å². The number of benzene rings is 7. The second kappa shape index (κ2) is 35.7. The van der Waals surface area contributed by atoms with Crippen molar-refractivity contribution in [3.8, 4) is 45.3 Å².